The summed E-state index contributed by atoms with van der Waals surface area (Å²) in [5.41, 5.74) is 2.89. The number of carbonyl (C=O) groups is 1. The Kier molecular flexibility index (Phi) is 7.14. The van der Waals surface area contributed by atoms with Gasteiger partial charge in [0, 0.05) is 30.9 Å². The molecule has 1 aliphatic heterocycles. The van der Waals surface area contributed by atoms with Gasteiger partial charge in [0.1, 0.15) is 17.6 Å². The zero-order valence-corrected chi connectivity index (χ0v) is 21.4. The zero-order chi connectivity index (χ0) is 26.6. The van der Waals surface area contributed by atoms with Gasteiger partial charge in [-0.05, 0) is 67.2 Å². The Hall–Kier alpha value is -4.57. The number of benzene rings is 2. The highest BCUT2D eigenvalue weighted by atomic mass is 32.1. The Morgan fingerprint density at radius 3 is 2.71 bits per heavy atom. The SMILES string of the molecule is Cc1cccc(NC(=O)CCN2C(=S)N[C@H](c3ccccn3)[C@@H]2c2ccc(-c3ccccc3[N+](=O)[O-])o2)c1. The number of nitro groups is 1. The molecule has 9 nitrogen and oxygen atoms in total. The van der Waals surface area contributed by atoms with Crippen molar-refractivity contribution in [3.63, 3.8) is 0 Å². The normalized spacial score (nSPS) is 16.8. The highest BCUT2D eigenvalue weighted by Gasteiger charge is 2.41. The van der Waals surface area contributed by atoms with Crippen LogP contribution in [-0.4, -0.2) is 32.4 Å². The molecule has 0 unspecified atom stereocenters. The highest BCUT2D eigenvalue weighted by Crippen LogP contribution is 2.41. The molecule has 2 atom stereocenters. The van der Waals surface area contributed by atoms with Crippen molar-refractivity contribution >= 4 is 34.6 Å². The van der Waals surface area contributed by atoms with E-state index < -0.39 is 11.0 Å². The minimum atomic E-state index is -0.431. The average Bonchev–Trinajstić information content (AvgIpc) is 3.52. The van der Waals surface area contributed by atoms with Crippen LogP contribution >= 0.6 is 12.2 Å². The lowest BCUT2D eigenvalue weighted by Crippen LogP contribution is -2.32. The van der Waals surface area contributed by atoms with Crippen molar-refractivity contribution in [2.75, 3.05) is 11.9 Å². The van der Waals surface area contributed by atoms with E-state index in [0.29, 0.717) is 28.7 Å². The van der Waals surface area contributed by atoms with Crippen molar-refractivity contribution in [1.29, 1.82) is 0 Å². The minimum absolute atomic E-state index is 0.0422. The molecule has 2 aromatic carbocycles. The van der Waals surface area contributed by atoms with Crippen molar-refractivity contribution in [2.45, 2.75) is 25.4 Å². The second-order valence-electron chi connectivity index (χ2n) is 8.96. The van der Waals surface area contributed by atoms with Crippen LogP contribution < -0.4 is 10.6 Å². The summed E-state index contributed by atoms with van der Waals surface area (Å²) in [6.07, 6.45) is 1.90. The first-order chi connectivity index (χ1) is 18.4. The number of nitrogens with one attached hydrogen (secondary N) is 2. The number of pyridine rings is 1. The molecule has 1 amide bonds. The average molecular weight is 528 g/mol. The number of para-hydroxylation sites is 1. The number of aromatic nitrogens is 1. The second-order valence-corrected chi connectivity index (χ2v) is 9.35. The molecule has 2 N–H and O–H groups in total. The van der Waals surface area contributed by atoms with Gasteiger partial charge in [0.2, 0.25) is 5.91 Å². The van der Waals surface area contributed by atoms with E-state index in [4.69, 9.17) is 16.6 Å². The maximum atomic E-state index is 12.8. The van der Waals surface area contributed by atoms with E-state index in [2.05, 4.69) is 15.6 Å². The summed E-state index contributed by atoms with van der Waals surface area (Å²) in [6, 6.07) is 22.4. The molecular formula is C28H25N5O4S. The quantitative estimate of drug-likeness (QED) is 0.174. The molecule has 0 spiro atoms. The predicted molar refractivity (Wildman–Crippen MR) is 147 cm³/mol. The van der Waals surface area contributed by atoms with Crippen LogP contribution in [0.5, 0.6) is 0 Å². The van der Waals surface area contributed by atoms with Gasteiger partial charge < -0.3 is 20.0 Å². The van der Waals surface area contributed by atoms with Gasteiger partial charge in [-0.1, -0.05) is 30.3 Å². The van der Waals surface area contributed by atoms with Crippen molar-refractivity contribution in [1.82, 2.24) is 15.2 Å². The van der Waals surface area contributed by atoms with Gasteiger partial charge in [-0.3, -0.25) is 19.9 Å². The Morgan fingerprint density at radius 1 is 1.13 bits per heavy atom. The molecule has 1 aliphatic rings. The fourth-order valence-corrected chi connectivity index (χ4v) is 4.95. The van der Waals surface area contributed by atoms with Gasteiger partial charge in [-0.25, -0.2) is 0 Å². The summed E-state index contributed by atoms with van der Waals surface area (Å²) < 4.78 is 6.22. The summed E-state index contributed by atoms with van der Waals surface area (Å²) >= 11 is 5.67. The number of nitrogens with zero attached hydrogens (tertiary/aromatic N) is 3. The van der Waals surface area contributed by atoms with Gasteiger partial charge in [-0.15, -0.1) is 0 Å². The number of rotatable bonds is 8. The fourth-order valence-electron chi connectivity index (χ4n) is 4.62. The molecule has 0 bridgehead atoms. The Labute approximate surface area is 224 Å². The topological polar surface area (TPSA) is 114 Å². The number of hydrogen-bond donors (Lipinski definition) is 2. The molecule has 3 heterocycles. The molecule has 1 fully saturated rings. The summed E-state index contributed by atoms with van der Waals surface area (Å²) in [5.74, 6) is 0.792. The van der Waals surface area contributed by atoms with Gasteiger partial charge >= 0.3 is 0 Å². The van der Waals surface area contributed by atoms with Crippen LogP contribution in [0.4, 0.5) is 11.4 Å². The number of carbonyl (C=O) groups excluding carboxylic acids is 1. The molecule has 0 aliphatic carbocycles. The minimum Gasteiger partial charge on any atom is -0.459 e. The van der Waals surface area contributed by atoms with Crippen LogP contribution in [0.15, 0.2) is 89.5 Å². The number of anilines is 1. The summed E-state index contributed by atoms with van der Waals surface area (Å²) in [7, 11) is 0. The lowest BCUT2D eigenvalue weighted by molar-refractivity contribution is -0.384. The number of hydrogen-bond acceptors (Lipinski definition) is 6. The largest absolute Gasteiger partial charge is 0.459 e. The molecule has 2 aromatic heterocycles. The smallest absolute Gasteiger partial charge is 0.280 e. The van der Waals surface area contributed by atoms with Crippen molar-refractivity contribution in [2.24, 2.45) is 0 Å². The maximum Gasteiger partial charge on any atom is 0.280 e. The Balaban J connectivity index is 1.43. The molecule has 1 saturated heterocycles. The van der Waals surface area contributed by atoms with Gasteiger partial charge in [-0.2, -0.15) is 0 Å². The van der Waals surface area contributed by atoms with Crippen LogP contribution in [0.1, 0.15) is 35.5 Å². The van der Waals surface area contributed by atoms with Gasteiger partial charge in [0.05, 0.1) is 22.2 Å². The number of furan rings is 1. The van der Waals surface area contributed by atoms with Crippen LogP contribution in [0.3, 0.4) is 0 Å². The molecule has 0 saturated carbocycles. The van der Waals surface area contributed by atoms with Crippen LogP contribution in [-0.2, 0) is 4.79 Å². The van der Waals surface area contributed by atoms with E-state index in [1.807, 2.05) is 54.3 Å². The molecule has 38 heavy (non-hydrogen) atoms. The third-order valence-corrected chi connectivity index (χ3v) is 6.72. The summed E-state index contributed by atoms with van der Waals surface area (Å²) in [6.45, 7) is 2.30. The van der Waals surface area contributed by atoms with E-state index in [1.165, 1.54) is 6.07 Å². The second kappa shape index (κ2) is 10.8. The molecule has 192 valence electrons. The van der Waals surface area contributed by atoms with E-state index >= 15 is 0 Å². The number of thiocarbonyl (C=S) groups is 1. The number of aryl methyl sites for hydroxylation is 1. The first-order valence-corrected chi connectivity index (χ1v) is 12.5. The molecule has 0 radical (unpaired) electrons. The zero-order valence-electron chi connectivity index (χ0n) is 20.5. The van der Waals surface area contributed by atoms with Crippen molar-refractivity contribution in [3.05, 3.63) is 112 Å². The van der Waals surface area contributed by atoms with Gasteiger partial charge in [0.25, 0.3) is 5.69 Å². The first-order valence-electron chi connectivity index (χ1n) is 12.1. The van der Waals surface area contributed by atoms with Gasteiger partial charge in [0.15, 0.2) is 5.11 Å². The highest BCUT2D eigenvalue weighted by molar-refractivity contribution is 7.80. The predicted octanol–water partition coefficient (Wildman–Crippen LogP) is 5.56. The Bertz CT molecular complexity index is 1490. The van der Waals surface area contributed by atoms with Crippen LogP contribution in [0, 0.1) is 17.0 Å². The molecule has 4 aromatic rings. The molecule has 10 heteroatoms. The first kappa shape index (κ1) is 25.1. The van der Waals surface area contributed by atoms with Crippen molar-refractivity contribution in [3.8, 4) is 11.3 Å². The lowest BCUT2D eigenvalue weighted by Gasteiger charge is -2.25. The summed E-state index contributed by atoms with van der Waals surface area (Å²) in [4.78, 5) is 30.3. The maximum absolute atomic E-state index is 12.8. The standard InChI is InChI=1S/C28H25N5O4S/c1-18-7-6-8-19(17-18)30-25(34)14-16-32-27(26(31-28(32)38)21-10-4-5-15-29-21)24-13-12-23(37-24)20-9-2-3-11-22(20)33(35)36/h2-13,15,17,26-27H,14,16H2,1H3,(H,30,34)(H,31,38)/t26-,27+/m1/s1. The molecule has 5 rings (SSSR count). The van der Waals surface area contributed by atoms with E-state index in [-0.39, 0.29) is 24.1 Å². The Morgan fingerprint density at radius 2 is 1.95 bits per heavy atom. The van der Waals surface area contributed by atoms with Crippen LogP contribution in [0.25, 0.3) is 11.3 Å². The van der Waals surface area contributed by atoms with Crippen molar-refractivity contribution < 1.29 is 14.1 Å². The third kappa shape index (κ3) is 5.25. The van der Waals surface area contributed by atoms with E-state index in [9.17, 15) is 14.9 Å². The lowest BCUT2D eigenvalue weighted by atomic mass is 10.0. The van der Waals surface area contributed by atoms with E-state index in [0.717, 1.165) is 16.9 Å². The third-order valence-electron chi connectivity index (χ3n) is 6.36. The number of amides is 1. The van der Waals surface area contributed by atoms with Crippen LogP contribution in [0.2, 0.25) is 0 Å². The summed E-state index contributed by atoms with van der Waals surface area (Å²) in [5, 5.41) is 18.3. The molecular weight excluding hydrogens is 502 g/mol. The van der Waals surface area contributed by atoms with E-state index in [1.54, 1.807) is 36.5 Å². The monoisotopic (exact) mass is 527 g/mol. The number of nitro benzene ring substituents is 1. The fraction of sp³-hybridized carbons (Fsp3) is 0.179.